The molecule has 34 heavy (non-hydrogen) atoms. The van der Waals surface area contributed by atoms with Gasteiger partial charge in [0.15, 0.2) is 6.61 Å². The van der Waals surface area contributed by atoms with Crippen molar-refractivity contribution in [1.29, 1.82) is 0 Å². The summed E-state index contributed by atoms with van der Waals surface area (Å²) in [5, 5.41) is 4.79. The normalized spacial score (nSPS) is 17.9. The number of ether oxygens (including phenoxy) is 1. The van der Waals surface area contributed by atoms with Crippen LogP contribution in [0.1, 0.15) is 73.0 Å². The van der Waals surface area contributed by atoms with Crippen molar-refractivity contribution in [2.24, 2.45) is 5.16 Å². The molecule has 0 unspecified atom stereocenters. The van der Waals surface area contributed by atoms with E-state index in [1.54, 1.807) is 4.90 Å². The fourth-order valence-electron chi connectivity index (χ4n) is 3.90. The van der Waals surface area contributed by atoms with Crippen LogP contribution >= 0.6 is 11.6 Å². The number of nitrogens with zero attached hydrogens (tertiary/aromatic N) is 2. The van der Waals surface area contributed by atoms with Gasteiger partial charge in [-0.25, -0.2) is 4.79 Å². The molecule has 0 saturated heterocycles. The molecule has 0 saturated carbocycles. The Hall–Kier alpha value is -2.60. The van der Waals surface area contributed by atoms with Crippen LogP contribution in [0, 0.1) is 13.8 Å². The van der Waals surface area contributed by atoms with Gasteiger partial charge >= 0.3 is 5.97 Å². The summed E-state index contributed by atoms with van der Waals surface area (Å²) in [6.07, 6.45) is 12.4. The van der Waals surface area contributed by atoms with Crippen LogP contribution in [-0.2, 0) is 20.8 Å². The minimum atomic E-state index is -0.394. The van der Waals surface area contributed by atoms with E-state index in [1.165, 1.54) is 0 Å². The van der Waals surface area contributed by atoms with Gasteiger partial charge < -0.3 is 14.5 Å². The van der Waals surface area contributed by atoms with Gasteiger partial charge in [-0.2, -0.15) is 0 Å². The largest absolute Gasteiger partial charge is 0.462 e. The highest BCUT2D eigenvalue weighted by atomic mass is 35.5. The predicted molar refractivity (Wildman–Crippen MR) is 138 cm³/mol. The molecule has 1 aromatic carbocycles. The van der Waals surface area contributed by atoms with Crippen LogP contribution in [0.2, 0.25) is 5.02 Å². The van der Waals surface area contributed by atoms with E-state index in [2.05, 4.69) is 11.2 Å². The third-order valence-corrected chi connectivity index (χ3v) is 6.03. The molecular formula is C27H37ClN2O4. The zero-order valence-electron chi connectivity index (χ0n) is 20.9. The third kappa shape index (κ3) is 8.32. The quantitative estimate of drug-likeness (QED) is 0.269. The lowest BCUT2D eigenvalue weighted by Crippen LogP contribution is -2.35. The summed E-state index contributed by atoms with van der Waals surface area (Å²) in [4.78, 5) is 32.8. The van der Waals surface area contributed by atoms with Crippen LogP contribution in [0.25, 0.3) is 0 Å². The van der Waals surface area contributed by atoms with Gasteiger partial charge in [0.25, 0.3) is 5.91 Å². The predicted octanol–water partition coefficient (Wildman–Crippen LogP) is 5.97. The fraction of sp³-hybridized carbons (Fsp3) is 0.519. The lowest BCUT2D eigenvalue weighted by molar-refractivity contribution is -0.136. The summed E-state index contributed by atoms with van der Waals surface area (Å²) in [6.45, 7) is 9.46. The number of oxime groups is 1. The van der Waals surface area contributed by atoms with Gasteiger partial charge in [-0.05, 0) is 68.7 Å². The fourth-order valence-corrected chi connectivity index (χ4v) is 4.12. The van der Waals surface area contributed by atoms with E-state index in [0.717, 1.165) is 36.8 Å². The molecule has 1 heterocycles. The maximum Gasteiger partial charge on any atom is 0.338 e. The maximum atomic E-state index is 12.9. The first-order chi connectivity index (χ1) is 16.4. The molecule has 0 spiro atoms. The Bertz CT molecular complexity index is 931. The van der Waals surface area contributed by atoms with Crippen LogP contribution in [0.4, 0.5) is 0 Å². The number of rotatable bonds is 7. The van der Waals surface area contributed by atoms with Gasteiger partial charge in [-0.3, -0.25) is 4.79 Å². The minimum absolute atomic E-state index is 0.0863. The highest BCUT2D eigenvalue weighted by molar-refractivity contribution is 6.33. The zero-order valence-corrected chi connectivity index (χ0v) is 21.6. The van der Waals surface area contributed by atoms with Crippen molar-refractivity contribution >= 4 is 29.2 Å². The summed E-state index contributed by atoms with van der Waals surface area (Å²) in [7, 11) is 0. The highest BCUT2D eigenvalue weighted by Crippen LogP contribution is 2.29. The van der Waals surface area contributed by atoms with Crippen LogP contribution < -0.4 is 0 Å². The van der Waals surface area contributed by atoms with E-state index in [4.69, 9.17) is 21.2 Å². The number of allylic oxidation sites excluding steroid dienone is 3. The summed E-state index contributed by atoms with van der Waals surface area (Å²) >= 11 is 6.66. The average molecular weight is 489 g/mol. The second-order valence-electron chi connectivity index (χ2n) is 8.47. The first-order valence-corrected chi connectivity index (χ1v) is 12.5. The van der Waals surface area contributed by atoms with E-state index in [-0.39, 0.29) is 12.5 Å². The molecule has 0 aliphatic carbocycles. The summed E-state index contributed by atoms with van der Waals surface area (Å²) < 4.78 is 5.52. The lowest BCUT2D eigenvalue weighted by Gasteiger charge is -2.20. The van der Waals surface area contributed by atoms with Crippen molar-refractivity contribution in [2.45, 2.75) is 66.2 Å². The molecule has 0 radical (unpaired) electrons. The first kappa shape index (κ1) is 27.6. The monoisotopic (exact) mass is 488 g/mol. The number of carbonyl (C=O) groups excluding carboxylic acids is 2. The highest BCUT2D eigenvalue weighted by Gasteiger charge is 2.22. The Morgan fingerprint density at radius 2 is 1.76 bits per heavy atom. The number of hydrogen-bond acceptors (Lipinski definition) is 5. The number of esters is 1. The summed E-state index contributed by atoms with van der Waals surface area (Å²) in [6, 6.07) is 1.89. The molecule has 6 nitrogen and oxygen atoms in total. The summed E-state index contributed by atoms with van der Waals surface area (Å²) in [5.41, 5.74) is 3.40. The third-order valence-electron chi connectivity index (χ3n) is 5.51. The average Bonchev–Trinajstić information content (AvgIpc) is 2.80. The van der Waals surface area contributed by atoms with E-state index >= 15 is 0 Å². The molecule has 1 aliphatic heterocycles. The molecule has 1 amide bonds. The zero-order chi connectivity index (χ0) is 24.9. The molecular weight excluding hydrogens is 452 g/mol. The van der Waals surface area contributed by atoms with Crippen molar-refractivity contribution in [3.05, 3.63) is 57.6 Å². The Morgan fingerprint density at radius 3 is 2.47 bits per heavy atom. The van der Waals surface area contributed by atoms with E-state index in [1.807, 2.05) is 52.0 Å². The van der Waals surface area contributed by atoms with Crippen molar-refractivity contribution in [1.82, 2.24) is 4.90 Å². The molecule has 2 rings (SSSR count). The van der Waals surface area contributed by atoms with E-state index < -0.39 is 5.97 Å². The van der Waals surface area contributed by atoms with Gasteiger partial charge in [-0.15, -0.1) is 0 Å². The van der Waals surface area contributed by atoms with Crippen LogP contribution in [0.15, 0.2) is 35.5 Å². The molecule has 0 N–H and O–H groups in total. The molecule has 0 atom stereocenters. The van der Waals surface area contributed by atoms with Crippen molar-refractivity contribution < 1.29 is 19.2 Å². The van der Waals surface area contributed by atoms with Gasteiger partial charge in [0.2, 0.25) is 0 Å². The SMILES string of the molecule is CCCN(CCC)C(=O)CO/N=C1\C=C\CC/C=C/CCOC(=O)c2c(C)cc(C)c(Cl)c2C1. The smallest absolute Gasteiger partial charge is 0.338 e. The van der Waals surface area contributed by atoms with Crippen LogP contribution in [0.5, 0.6) is 0 Å². The number of halogens is 1. The number of fused-ring (bicyclic) bond motifs is 1. The standard InChI is InChI=1S/C27H37ClN2O4/c1-5-14-30(15-6-2)24(31)19-34-29-22-13-11-9-7-8-10-12-16-33-27(32)25-20(3)17-21(4)26(28)23(25)18-22/h8,10-11,13,17H,5-7,9,12,14-16,18-19H2,1-4H3/b10-8+,13-11+,29-22+. The summed E-state index contributed by atoms with van der Waals surface area (Å²) in [5.74, 6) is -0.481. The second-order valence-corrected chi connectivity index (χ2v) is 8.85. The molecule has 1 aliphatic rings. The number of amides is 1. The Morgan fingerprint density at radius 1 is 1.09 bits per heavy atom. The van der Waals surface area contributed by atoms with Gasteiger partial charge in [0.1, 0.15) is 0 Å². The first-order valence-electron chi connectivity index (χ1n) is 12.1. The lowest BCUT2D eigenvalue weighted by atomic mass is 9.94. The molecule has 186 valence electrons. The van der Waals surface area contributed by atoms with Crippen LogP contribution in [-0.4, -0.2) is 48.8 Å². The Labute approximate surface area is 208 Å². The maximum absolute atomic E-state index is 12.9. The minimum Gasteiger partial charge on any atom is -0.462 e. The Kier molecular flexibility index (Phi) is 11.9. The van der Waals surface area contributed by atoms with E-state index in [9.17, 15) is 9.59 Å². The topological polar surface area (TPSA) is 68.2 Å². The number of carbonyl (C=O) groups is 2. The van der Waals surface area contributed by atoms with Crippen molar-refractivity contribution in [3.8, 4) is 0 Å². The Balaban J connectivity index is 2.34. The van der Waals surface area contributed by atoms with Crippen molar-refractivity contribution in [3.63, 3.8) is 0 Å². The number of cyclic esters (lactones) is 1. The van der Waals surface area contributed by atoms with Gasteiger partial charge in [0.05, 0.1) is 17.9 Å². The van der Waals surface area contributed by atoms with E-state index in [0.29, 0.717) is 54.4 Å². The molecule has 0 aromatic heterocycles. The van der Waals surface area contributed by atoms with Gasteiger partial charge in [0, 0.05) is 24.5 Å². The van der Waals surface area contributed by atoms with Crippen molar-refractivity contribution in [2.75, 3.05) is 26.3 Å². The number of aryl methyl sites for hydroxylation is 2. The molecule has 0 fully saturated rings. The second kappa shape index (κ2) is 14.6. The molecule has 1 aromatic rings. The van der Waals surface area contributed by atoms with Gasteiger partial charge in [-0.1, -0.05) is 54.9 Å². The van der Waals surface area contributed by atoms with Crippen LogP contribution in [0.3, 0.4) is 0 Å². The molecule has 7 heteroatoms. The number of hydrogen-bond donors (Lipinski definition) is 0. The number of benzene rings is 1. The molecule has 0 bridgehead atoms.